The van der Waals surface area contributed by atoms with E-state index in [1.807, 2.05) is 0 Å². The van der Waals surface area contributed by atoms with Crippen molar-refractivity contribution in [3.8, 4) is 0 Å². The molecule has 3 nitrogen and oxygen atoms in total. The number of Topliss-reactive ketones (excluding diaryl/α,β-unsaturated/α-hetero) is 1. The highest BCUT2D eigenvalue weighted by Crippen LogP contribution is 2.31. The first-order chi connectivity index (χ1) is 6.36. The summed E-state index contributed by atoms with van der Waals surface area (Å²) in [7, 11) is 0. The Hall–Kier alpha value is -0.900. The van der Waals surface area contributed by atoms with Crippen molar-refractivity contribution in [2.24, 2.45) is 5.92 Å². The molecule has 68 valence electrons. The highest BCUT2D eigenvalue weighted by Gasteiger charge is 2.28. The van der Waals surface area contributed by atoms with Gasteiger partial charge in [-0.2, -0.15) is 0 Å². The summed E-state index contributed by atoms with van der Waals surface area (Å²) in [4.78, 5) is 19.3. The van der Waals surface area contributed by atoms with E-state index < -0.39 is 0 Å². The Kier molecular flexibility index (Phi) is 2.59. The quantitative estimate of drug-likeness (QED) is 0.682. The molecule has 1 aromatic rings. The molecule has 0 saturated heterocycles. The summed E-state index contributed by atoms with van der Waals surface area (Å²) in [5.41, 5.74) is 0. The van der Waals surface area contributed by atoms with Gasteiger partial charge in [0.25, 0.3) is 0 Å². The van der Waals surface area contributed by atoms with Crippen molar-refractivity contribution in [1.82, 2.24) is 9.97 Å². The van der Waals surface area contributed by atoms with Crippen LogP contribution in [0.5, 0.6) is 0 Å². The van der Waals surface area contributed by atoms with Gasteiger partial charge < -0.3 is 0 Å². The molecular formula is C9H10N2OS. The second-order valence-corrected chi connectivity index (χ2v) is 4.07. The van der Waals surface area contributed by atoms with Crippen molar-refractivity contribution in [3.05, 3.63) is 18.6 Å². The maximum atomic E-state index is 11.3. The van der Waals surface area contributed by atoms with Crippen LogP contribution >= 0.6 is 11.8 Å². The van der Waals surface area contributed by atoms with Crippen LogP contribution in [0.2, 0.25) is 0 Å². The molecule has 0 aromatic carbocycles. The first kappa shape index (κ1) is 8.69. The van der Waals surface area contributed by atoms with Crippen molar-refractivity contribution in [2.75, 3.05) is 5.75 Å². The van der Waals surface area contributed by atoms with Gasteiger partial charge in [0.05, 0.1) is 11.9 Å². The molecule has 0 bridgehead atoms. The molecule has 0 spiro atoms. The summed E-state index contributed by atoms with van der Waals surface area (Å²) in [5.74, 6) is 1.25. The molecule has 0 amide bonds. The molecule has 1 saturated carbocycles. The van der Waals surface area contributed by atoms with Gasteiger partial charge >= 0.3 is 0 Å². The van der Waals surface area contributed by atoms with Crippen LogP contribution in [0.4, 0.5) is 0 Å². The molecule has 13 heavy (non-hydrogen) atoms. The van der Waals surface area contributed by atoms with Gasteiger partial charge in [0, 0.05) is 18.3 Å². The summed E-state index contributed by atoms with van der Waals surface area (Å²) >= 11 is 1.47. The maximum absolute atomic E-state index is 11.3. The van der Waals surface area contributed by atoms with Crippen LogP contribution in [-0.4, -0.2) is 21.5 Å². The van der Waals surface area contributed by atoms with Gasteiger partial charge in [0.15, 0.2) is 0 Å². The van der Waals surface area contributed by atoms with Crippen molar-refractivity contribution in [1.29, 1.82) is 0 Å². The van der Waals surface area contributed by atoms with E-state index in [-0.39, 0.29) is 0 Å². The van der Waals surface area contributed by atoms with Gasteiger partial charge in [-0.1, -0.05) is 11.8 Å². The Labute approximate surface area is 81.0 Å². The minimum atomic E-state index is 0.351. The fraction of sp³-hybridized carbons (Fsp3) is 0.444. The molecule has 2 rings (SSSR count). The van der Waals surface area contributed by atoms with Crippen molar-refractivity contribution in [3.63, 3.8) is 0 Å². The monoisotopic (exact) mass is 194 g/mol. The fourth-order valence-corrected chi connectivity index (χ4v) is 1.82. The Bertz CT molecular complexity index is 298. The number of hydrogen-bond donors (Lipinski definition) is 0. The molecule has 0 aliphatic heterocycles. The van der Waals surface area contributed by atoms with E-state index in [0.717, 1.165) is 17.9 Å². The average Bonchev–Trinajstić information content (AvgIpc) is 2.99. The van der Waals surface area contributed by atoms with Gasteiger partial charge in [-0.25, -0.2) is 4.98 Å². The standard InChI is InChI=1S/C9H10N2OS/c12-8(7-1-2-7)6-13-9-5-10-3-4-11-9/h3-5,7H,1-2,6H2. The molecule has 0 N–H and O–H groups in total. The molecule has 4 heteroatoms. The number of hydrogen-bond acceptors (Lipinski definition) is 4. The number of ketones is 1. The SMILES string of the molecule is O=C(CSc1cnccn1)C1CC1. The highest BCUT2D eigenvalue weighted by atomic mass is 32.2. The molecule has 1 fully saturated rings. The third kappa shape index (κ3) is 2.52. The molecule has 1 aromatic heterocycles. The number of carbonyl (C=O) groups excluding carboxylic acids is 1. The number of thioether (sulfide) groups is 1. The van der Waals surface area contributed by atoms with Crippen LogP contribution in [0.3, 0.4) is 0 Å². The number of rotatable bonds is 4. The second-order valence-electron chi connectivity index (χ2n) is 3.07. The van der Waals surface area contributed by atoms with E-state index in [9.17, 15) is 4.79 Å². The van der Waals surface area contributed by atoms with Crippen LogP contribution < -0.4 is 0 Å². The third-order valence-electron chi connectivity index (χ3n) is 1.93. The summed E-state index contributed by atoms with van der Waals surface area (Å²) in [6.45, 7) is 0. The Balaban J connectivity index is 1.82. The first-order valence-electron chi connectivity index (χ1n) is 4.28. The van der Waals surface area contributed by atoms with E-state index in [4.69, 9.17) is 0 Å². The Morgan fingerprint density at radius 3 is 3.00 bits per heavy atom. The van der Waals surface area contributed by atoms with Crippen LogP contribution in [-0.2, 0) is 4.79 Å². The predicted octanol–water partition coefficient (Wildman–Crippen LogP) is 1.55. The zero-order valence-electron chi connectivity index (χ0n) is 7.14. The summed E-state index contributed by atoms with van der Waals surface area (Å²) in [6, 6.07) is 0. The summed E-state index contributed by atoms with van der Waals surface area (Å²) in [5, 5.41) is 0.830. The predicted molar refractivity (Wildman–Crippen MR) is 50.5 cm³/mol. The van der Waals surface area contributed by atoms with E-state index in [2.05, 4.69) is 9.97 Å². The molecule has 0 unspecified atom stereocenters. The lowest BCUT2D eigenvalue weighted by molar-refractivity contribution is -0.117. The van der Waals surface area contributed by atoms with Crippen LogP contribution in [0.15, 0.2) is 23.6 Å². The van der Waals surface area contributed by atoms with Crippen LogP contribution in [0, 0.1) is 5.92 Å². The summed E-state index contributed by atoms with van der Waals surface area (Å²) < 4.78 is 0. The van der Waals surface area contributed by atoms with Crippen molar-refractivity contribution >= 4 is 17.5 Å². The Morgan fingerprint density at radius 1 is 1.54 bits per heavy atom. The normalized spacial score (nSPS) is 15.7. The second kappa shape index (κ2) is 3.87. The minimum absolute atomic E-state index is 0.351. The summed E-state index contributed by atoms with van der Waals surface area (Å²) in [6.07, 6.45) is 7.13. The highest BCUT2D eigenvalue weighted by molar-refractivity contribution is 7.99. The third-order valence-corrected chi connectivity index (χ3v) is 2.87. The van der Waals surface area contributed by atoms with E-state index in [1.54, 1.807) is 18.6 Å². The fourth-order valence-electron chi connectivity index (χ4n) is 1.03. The zero-order valence-corrected chi connectivity index (χ0v) is 7.96. The van der Waals surface area contributed by atoms with Crippen LogP contribution in [0.25, 0.3) is 0 Å². The average molecular weight is 194 g/mol. The molecule has 1 aliphatic carbocycles. The molecule has 1 aliphatic rings. The topological polar surface area (TPSA) is 42.9 Å². The first-order valence-corrected chi connectivity index (χ1v) is 5.26. The lowest BCUT2D eigenvalue weighted by Gasteiger charge is -1.97. The lowest BCUT2D eigenvalue weighted by Crippen LogP contribution is -2.03. The van der Waals surface area contributed by atoms with Crippen LogP contribution in [0.1, 0.15) is 12.8 Å². The maximum Gasteiger partial charge on any atom is 0.146 e. The molecular weight excluding hydrogens is 184 g/mol. The zero-order chi connectivity index (χ0) is 9.10. The van der Waals surface area contributed by atoms with Gasteiger partial charge in [-0.15, -0.1) is 0 Å². The molecule has 0 atom stereocenters. The van der Waals surface area contributed by atoms with Gasteiger partial charge in [0.2, 0.25) is 0 Å². The van der Waals surface area contributed by atoms with Crippen molar-refractivity contribution < 1.29 is 4.79 Å². The minimum Gasteiger partial charge on any atom is -0.298 e. The van der Waals surface area contributed by atoms with Gasteiger partial charge in [-0.3, -0.25) is 9.78 Å². The Morgan fingerprint density at radius 2 is 2.38 bits per heavy atom. The number of aromatic nitrogens is 2. The number of carbonyl (C=O) groups is 1. The van der Waals surface area contributed by atoms with E-state index >= 15 is 0 Å². The smallest absolute Gasteiger partial charge is 0.146 e. The van der Waals surface area contributed by atoms with E-state index in [1.165, 1.54) is 11.8 Å². The van der Waals surface area contributed by atoms with E-state index in [0.29, 0.717) is 17.5 Å². The molecule has 1 heterocycles. The van der Waals surface area contributed by atoms with Gasteiger partial charge in [-0.05, 0) is 12.8 Å². The largest absolute Gasteiger partial charge is 0.298 e. The van der Waals surface area contributed by atoms with Gasteiger partial charge in [0.1, 0.15) is 10.8 Å². The lowest BCUT2D eigenvalue weighted by atomic mass is 10.3. The molecule has 0 radical (unpaired) electrons. The van der Waals surface area contributed by atoms with Crippen molar-refractivity contribution in [2.45, 2.75) is 17.9 Å². The number of nitrogens with zero attached hydrogens (tertiary/aromatic N) is 2.